The molecule has 0 aromatic heterocycles. The number of nitrogens with zero attached hydrogens (tertiary/aromatic N) is 1. The molecule has 2 aromatic rings. The Morgan fingerprint density at radius 1 is 1.16 bits per heavy atom. The molecule has 0 aliphatic heterocycles. The van der Waals surface area contributed by atoms with Crippen molar-refractivity contribution in [1.82, 2.24) is 0 Å². The standard InChI is InChI=1S/C14H9Cl2FN2/c15-10-4-9(5-11(16)6-10)8-19-14-3-1-2-13(17)12(14)7-18/h1-6,19H,8H2. The minimum atomic E-state index is -0.545. The molecule has 5 heteroatoms. The lowest BCUT2D eigenvalue weighted by Crippen LogP contribution is -2.02. The fraction of sp³-hybridized carbons (Fsp3) is 0.0714. The van der Waals surface area contributed by atoms with Crippen molar-refractivity contribution in [3.8, 4) is 6.07 Å². The molecule has 0 saturated heterocycles. The third-order valence-corrected chi connectivity index (χ3v) is 2.97. The Kier molecular flexibility index (Phi) is 4.26. The first-order chi connectivity index (χ1) is 9.10. The van der Waals surface area contributed by atoms with Gasteiger partial charge in [0.15, 0.2) is 0 Å². The van der Waals surface area contributed by atoms with Gasteiger partial charge in [-0.2, -0.15) is 5.26 Å². The van der Waals surface area contributed by atoms with Crippen LogP contribution in [0.1, 0.15) is 11.1 Å². The maximum Gasteiger partial charge on any atom is 0.143 e. The van der Waals surface area contributed by atoms with E-state index in [1.807, 2.05) is 6.07 Å². The zero-order chi connectivity index (χ0) is 13.8. The van der Waals surface area contributed by atoms with Crippen molar-refractivity contribution >= 4 is 28.9 Å². The second-order valence-electron chi connectivity index (χ2n) is 3.91. The van der Waals surface area contributed by atoms with Crippen molar-refractivity contribution in [2.24, 2.45) is 0 Å². The van der Waals surface area contributed by atoms with Gasteiger partial charge in [0.2, 0.25) is 0 Å². The molecule has 0 unspecified atom stereocenters. The summed E-state index contributed by atoms with van der Waals surface area (Å²) in [5.74, 6) is -0.545. The molecule has 2 aromatic carbocycles. The van der Waals surface area contributed by atoms with Gasteiger partial charge in [0.1, 0.15) is 17.4 Å². The van der Waals surface area contributed by atoms with Gasteiger partial charge in [-0.05, 0) is 35.9 Å². The Bertz CT molecular complexity index is 630. The Labute approximate surface area is 120 Å². The molecule has 0 fully saturated rings. The number of nitriles is 1. The van der Waals surface area contributed by atoms with Gasteiger partial charge in [-0.1, -0.05) is 29.3 Å². The number of benzene rings is 2. The Morgan fingerprint density at radius 2 is 1.84 bits per heavy atom. The van der Waals surface area contributed by atoms with Crippen molar-refractivity contribution in [3.63, 3.8) is 0 Å². The minimum Gasteiger partial charge on any atom is -0.380 e. The van der Waals surface area contributed by atoms with Crippen LogP contribution in [0.5, 0.6) is 0 Å². The molecule has 0 heterocycles. The average molecular weight is 295 g/mol. The fourth-order valence-corrected chi connectivity index (χ4v) is 2.27. The van der Waals surface area contributed by atoms with Crippen molar-refractivity contribution in [2.75, 3.05) is 5.32 Å². The first kappa shape index (κ1) is 13.7. The molecule has 2 rings (SSSR count). The summed E-state index contributed by atoms with van der Waals surface area (Å²) in [6.07, 6.45) is 0. The van der Waals surface area contributed by atoms with E-state index < -0.39 is 5.82 Å². The highest BCUT2D eigenvalue weighted by Crippen LogP contribution is 2.22. The summed E-state index contributed by atoms with van der Waals surface area (Å²) in [4.78, 5) is 0. The summed E-state index contributed by atoms with van der Waals surface area (Å²) < 4.78 is 13.4. The van der Waals surface area contributed by atoms with E-state index in [1.54, 1.807) is 30.3 Å². The lowest BCUT2D eigenvalue weighted by molar-refractivity contribution is 0.624. The van der Waals surface area contributed by atoms with Gasteiger partial charge in [-0.15, -0.1) is 0 Å². The van der Waals surface area contributed by atoms with E-state index in [-0.39, 0.29) is 5.56 Å². The van der Waals surface area contributed by atoms with E-state index in [4.69, 9.17) is 28.5 Å². The van der Waals surface area contributed by atoms with E-state index in [9.17, 15) is 4.39 Å². The van der Waals surface area contributed by atoms with Gasteiger partial charge in [0.05, 0.1) is 5.69 Å². The Hall–Kier alpha value is -1.76. The molecular weight excluding hydrogens is 286 g/mol. The van der Waals surface area contributed by atoms with Crippen LogP contribution in [0, 0.1) is 17.1 Å². The van der Waals surface area contributed by atoms with Crippen LogP contribution in [0.2, 0.25) is 10.0 Å². The van der Waals surface area contributed by atoms with Crippen molar-refractivity contribution in [3.05, 3.63) is 63.4 Å². The quantitative estimate of drug-likeness (QED) is 0.897. The molecule has 0 atom stereocenters. The number of nitrogens with one attached hydrogen (secondary N) is 1. The van der Waals surface area contributed by atoms with E-state index in [0.717, 1.165) is 5.56 Å². The molecule has 0 amide bonds. The number of hydrogen-bond acceptors (Lipinski definition) is 2. The fourth-order valence-electron chi connectivity index (χ4n) is 1.70. The molecule has 0 saturated carbocycles. The smallest absolute Gasteiger partial charge is 0.143 e. The molecule has 1 N–H and O–H groups in total. The summed E-state index contributed by atoms with van der Waals surface area (Å²) in [6, 6.07) is 11.4. The van der Waals surface area contributed by atoms with Crippen LogP contribution in [0.3, 0.4) is 0 Å². The highest BCUT2D eigenvalue weighted by atomic mass is 35.5. The van der Waals surface area contributed by atoms with Crippen molar-refractivity contribution in [1.29, 1.82) is 5.26 Å². The highest BCUT2D eigenvalue weighted by Gasteiger charge is 2.07. The van der Waals surface area contributed by atoms with Gasteiger partial charge in [-0.25, -0.2) is 4.39 Å². The van der Waals surface area contributed by atoms with Crippen LogP contribution in [0.4, 0.5) is 10.1 Å². The van der Waals surface area contributed by atoms with Crippen LogP contribution >= 0.6 is 23.2 Å². The van der Waals surface area contributed by atoms with Gasteiger partial charge >= 0.3 is 0 Å². The van der Waals surface area contributed by atoms with Crippen molar-refractivity contribution < 1.29 is 4.39 Å². The van der Waals surface area contributed by atoms with Gasteiger partial charge < -0.3 is 5.32 Å². The predicted molar refractivity (Wildman–Crippen MR) is 74.9 cm³/mol. The molecular formula is C14H9Cl2FN2. The second-order valence-corrected chi connectivity index (χ2v) is 4.78. The van der Waals surface area contributed by atoms with E-state index in [0.29, 0.717) is 22.3 Å². The Balaban J connectivity index is 2.19. The molecule has 0 aliphatic carbocycles. The van der Waals surface area contributed by atoms with Crippen LogP contribution in [-0.4, -0.2) is 0 Å². The largest absolute Gasteiger partial charge is 0.380 e. The van der Waals surface area contributed by atoms with Gasteiger partial charge in [0, 0.05) is 16.6 Å². The average Bonchev–Trinajstić information content (AvgIpc) is 2.35. The van der Waals surface area contributed by atoms with Gasteiger partial charge in [-0.3, -0.25) is 0 Å². The van der Waals surface area contributed by atoms with Crippen molar-refractivity contribution in [2.45, 2.75) is 6.54 Å². The number of rotatable bonds is 3. The molecule has 0 bridgehead atoms. The van der Waals surface area contributed by atoms with E-state index in [2.05, 4.69) is 5.32 Å². The molecule has 96 valence electrons. The van der Waals surface area contributed by atoms with Gasteiger partial charge in [0.25, 0.3) is 0 Å². The zero-order valence-corrected chi connectivity index (χ0v) is 11.3. The monoisotopic (exact) mass is 294 g/mol. The highest BCUT2D eigenvalue weighted by molar-refractivity contribution is 6.34. The summed E-state index contributed by atoms with van der Waals surface area (Å²) in [6.45, 7) is 0.401. The van der Waals surface area contributed by atoms with Crippen LogP contribution in [-0.2, 0) is 6.54 Å². The third kappa shape index (κ3) is 3.37. The van der Waals surface area contributed by atoms with E-state index in [1.165, 1.54) is 6.07 Å². The topological polar surface area (TPSA) is 35.8 Å². The summed E-state index contributed by atoms with van der Waals surface area (Å²) in [7, 11) is 0. The Morgan fingerprint density at radius 3 is 2.47 bits per heavy atom. The predicted octanol–water partition coefficient (Wildman–Crippen LogP) is 4.62. The summed E-state index contributed by atoms with van der Waals surface area (Å²) in [5, 5.41) is 13.0. The molecule has 2 nitrogen and oxygen atoms in total. The first-order valence-electron chi connectivity index (χ1n) is 5.47. The molecule has 19 heavy (non-hydrogen) atoms. The maximum atomic E-state index is 13.4. The normalized spacial score (nSPS) is 10.0. The zero-order valence-electron chi connectivity index (χ0n) is 9.75. The van der Waals surface area contributed by atoms with Crippen LogP contribution < -0.4 is 5.32 Å². The number of hydrogen-bond donors (Lipinski definition) is 1. The second kappa shape index (κ2) is 5.92. The number of anilines is 1. The molecule has 0 spiro atoms. The third-order valence-electron chi connectivity index (χ3n) is 2.53. The van der Waals surface area contributed by atoms with Crippen LogP contribution in [0.25, 0.3) is 0 Å². The summed E-state index contributed by atoms with van der Waals surface area (Å²) in [5.41, 5.74) is 1.29. The minimum absolute atomic E-state index is 0.00405. The lowest BCUT2D eigenvalue weighted by atomic mass is 10.1. The van der Waals surface area contributed by atoms with E-state index >= 15 is 0 Å². The number of halogens is 3. The maximum absolute atomic E-state index is 13.4. The molecule has 0 aliphatic rings. The summed E-state index contributed by atoms with van der Waals surface area (Å²) >= 11 is 11.8. The first-order valence-corrected chi connectivity index (χ1v) is 6.23. The molecule has 0 radical (unpaired) electrons. The lowest BCUT2D eigenvalue weighted by Gasteiger charge is -2.09. The SMILES string of the molecule is N#Cc1c(F)cccc1NCc1cc(Cl)cc(Cl)c1. The van der Waals surface area contributed by atoms with Crippen LogP contribution in [0.15, 0.2) is 36.4 Å².